The van der Waals surface area contributed by atoms with E-state index in [2.05, 4.69) is 10.2 Å². The number of hydrogen-bond acceptors (Lipinski definition) is 4. The normalized spacial score (nSPS) is 11.0. The van der Waals surface area contributed by atoms with Crippen molar-refractivity contribution in [3.8, 4) is 6.07 Å². The Kier molecular flexibility index (Phi) is 3.79. The van der Waals surface area contributed by atoms with E-state index in [1.165, 1.54) is 0 Å². The van der Waals surface area contributed by atoms with E-state index in [0.717, 1.165) is 0 Å². The molecule has 5 nitrogen and oxygen atoms in total. The molecule has 0 saturated heterocycles. The standard InChI is InChI=1S/C11H10F2N4O/c12-9(13)7-18-4-2-10-15-16-11-5-8(6-14)1-3-17(10)11/h1,3,5,9H,2,4,7H2. The summed E-state index contributed by atoms with van der Waals surface area (Å²) in [4.78, 5) is 0. The fourth-order valence-electron chi connectivity index (χ4n) is 1.52. The van der Waals surface area contributed by atoms with Crippen molar-refractivity contribution in [1.29, 1.82) is 5.26 Å². The molecular formula is C11H10F2N4O. The molecule has 94 valence electrons. The second-order valence-corrected chi connectivity index (χ2v) is 3.59. The Balaban J connectivity index is 2.04. The summed E-state index contributed by atoms with van der Waals surface area (Å²) in [5, 5.41) is 16.6. The van der Waals surface area contributed by atoms with Gasteiger partial charge in [0.25, 0.3) is 6.43 Å². The third-order valence-electron chi connectivity index (χ3n) is 2.32. The van der Waals surface area contributed by atoms with Crippen LogP contribution in [0.2, 0.25) is 0 Å². The molecule has 7 heteroatoms. The second kappa shape index (κ2) is 5.51. The third-order valence-corrected chi connectivity index (χ3v) is 2.32. The van der Waals surface area contributed by atoms with Crippen LogP contribution >= 0.6 is 0 Å². The summed E-state index contributed by atoms with van der Waals surface area (Å²) >= 11 is 0. The fraction of sp³-hybridized carbons (Fsp3) is 0.364. The molecule has 0 unspecified atom stereocenters. The van der Waals surface area contributed by atoms with Gasteiger partial charge < -0.3 is 4.74 Å². The number of nitriles is 1. The summed E-state index contributed by atoms with van der Waals surface area (Å²) < 4.78 is 30.2. The maximum Gasteiger partial charge on any atom is 0.261 e. The Morgan fingerprint density at radius 2 is 2.28 bits per heavy atom. The maximum absolute atomic E-state index is 11.8. The van der Waals surface area contributed by atoms with E-state index >= 15 is 0 Å². The molecule has 2 aromatic heterocycles. The van der Waals surface area contributed by atoms with Gasteiger partial charge in [-0.1, -0.05) is 0 Å². The number of rotatable bonds is 5. The highest BCUT2D eigenvalue weighted by Crippen LogP contribution is 2.07. The van der Waals surface area contributed by atoms with Gasteiger partial charge in [0.15, 0.2) is 5.65 Å². The van der Waals surface area contributed by atoms with Crippen LogP contribution in [0.1, 0.15) is 11.4 Å². The number of hydrogen-bond donors (Lipinski definition) is 0. The highest BCUT2D eigenvalue weighted by Gasteiger charge is 2.07. The Bertz CT molecular complexity index is 576. The molecule has 2 rings (SSSR count). The van der Waals surface area contributed by atoms with Gasteiger partial charge in [-0.25, -0.2) is 8.78 Å². The third kappa shape index (κ3) is 2.78. The number of halogens is 2. The van der Waals surface area contributed by atoms with Crippen molar-refractivity contribution >= 4 is 5.65 Å². The molecule has 0 bridgehead atoms. The van der Waals surface area contributed by atoms with Gasteiger partial charge in [0.2, 0.25) is 0 Å². The molecule has 0 aromatic carbocycles. The minimum atomic E-state index is -2.46. The first kappa shape index (κ1) is 12.4. The molecule has 0 spiro atoms. The lowest BCUT2D eigenvalue weighted by molar-refractivity contribution is 0.0182. The topological polar surface area (TPSA) is 63.2 Å². The zero-order chi connectivity index (χ0) is 13.0. The summed E-state index contributed by atoms with van der Waals surface area (Å²) in [6.07, 6.45) is -0.394. The lowest BCUT2D eigenvalue weighted by atomic mass is 10.3. The van der Waals surface area contributed by atoms with E-state index < -0.39 is 13.0 Å². The molecular weight excluding hydrogens is 242 g/mol. The average molecular weight is 252 g/mol. The largest absolute Gasteiger partial charge is 0.375 e. The second-order valence-electron chi connectivity index (χ2n) is 3.59. The van der Waals surface area contributed by atoms with Crippen LogP contribution in [0, 0.1) is 11.3 Å². The van der Waals surface area contributed by atoms with E-state index in [0.29, 0.717) is 23.5 Å². The van der Waals surface area contributed by atoms with Gasteiger partial charge in [0.1, 0.15) is 12.4 Å². The van der Waals surface area contributed by atoms with Crippen molar-refractivity contribution < 1.29 is 13.5 Å². The molecule has 0 atom stereocenters. The van der Waals surface area contributed by atoms with E-state index in [1.54, 1.807) is 22.7 Å². The van der Waals surface area contributed by atoms with Gasteiger partial charge in [0.05, 0.1) is 18.2 Å². The number of fused-ring (bicyclic) bond motifs is 1. The Morgan fingerprint density at radius 3 is 3.00 bits per heavy atom. The van der Waals surface area contributed by atoms with Gasteiger partial charge in [-0.3, -0.25) is 4.40 Å². The Labute approximate surface area is 102 Å². The highest BCUT2D eigenvalue weighted by atomic mass is 19.3. The number of aromatic nitrogens is 3. The van der Waals surface area contributed by atoms with Crippen LogP contribution in [0.3, 0.4) is 0 Å². The monoisotopic (exact) mass is 252 g/mol. The van der Waals surface area contributed by atoms with Crippen LogP contribution < -0.4 is 0 Å². The lowest BCUT2D eigenvalue weighted by Crippen LogP contribution is -2.08. The molecule has 0 aliphatic carbocycles. The fourth-order valence-corrected chi connectivity index (χ4v) is 1.52. The molecule has 0 fully saturated rings. The number of ether oxygens (including phenoxy) is 1. The van der Waals surface area contributed by atoms with Crippen molar-refractivity contribution in [2.24, 2.45) is 0 Å². The molecule has 0 aliphatic rings. The van der Waals surface area contributed by atoms with Gasteiger partial charge in [-0.15, -0.1) is 10.2 Å². The SMILES string of the molecule is N#Cc1ccn2c(CCOCC(F)F)nnc2c1. The molecule has 0 radical (unpaired) electrons. The van der Waals surface area contributed by atoms with Crippen molar-refractivity contribution in [3.63, 3.8) is 0 Å². The minimum absolute atomic E-state index is 0.158. The van der Waals surface area contributed by atoms with Crippen LogP contribution in [0.4, 0.5) is 8.78 Å². The van der Waals surface area contributed by atoms with E-state index in [9.17, 15) is 8.78 Å². The predicted octanol–water partition coefficient (Wildman–Crippen LogP) is 1.43. The van der Waals surface area contributed by atoms with Crippen molar-refractivity contribution in [3.05, 3.63) is 29.7 Å². The number of alkyl halides is 2. The summed E-state index contributed by atoms with van der Waals surface area (Å²) in [5.41, 5.74) is 1.05. The first-order chi connectivity index (χ1) is 8.70. The Hall–Kier alpha value is -2.07. The van der Waals surface area contributed by atoms with Gasteiger partial charge >= 0.3 is 0 Å². The smallest absolute Gasteiger partial charge is 0.261 e. The number of pyridine rings is 1. The molecule has 18 heavy (non-hydrogen) atoms. The van der Waals surface area contributed by atoms with Gasteiger partial charge in [-0.05, 0) is 6.07 Å². The Morgan fingerprint density at radius 1 is 1.44 bits per heavy atom. The molecule has 0 saturated carbocycles. The summed E-state index contributed by atoms with van der Waals surface area (Å²) in [7, 11) is 0. The summed E-state index contributed by atoms with van der Waals surface area (Å²) in [6.45, 7) is -0.416. The first-order valence-electron chi connectivity index (χ1n) is 5.30. The summed E-state index contributed by atoms with van der Waals surface area (Å²) in [5.74, 6) is 0.615. The molecule has 2 aromatic rings. The number of nitrogens with zero attached hydrogens (tertiary/aromatic N) is 4. The highest BCUT2D eigenvalue weighted by molar-refractivity contribution is 5.45. The zero-order valence-corrected chi connectivity index (χ0v) is 9.38. The van der Waals surface area contributed by atoms with Crippen LogP contribution in [0.5, 0.6) is 0 Å². The van der Waals surface area contributed by atoms with Crippen molar-refractivity contribution in [2.45, 2.75) is 12.8 Å². The molecule has 0 aliphatic heterocycles. The van der Waals surface area contributed by atoms with E-state index in [1.807, 2.05) is 6.07 Å². The van der Waals surface area contributed by atoms with Crippen molar-refractivity contribution in [1.82, 2.24) is 14.6 Å². The van der Waals surface area contributed by atoms with E-state index in [4.69, 9.17) is 10.00 Å². The van der Waals surface area contributed by atoms with Gasteiger partial charge in [-0.2, -0.15) is 5.26 Å². The average Bonchev–Trinajstić information content (AvgIpc) is 2.76. The van der Waals surface area contributed by atoms with E-state index in [-0.39, 0.29) is 6.61 Å². The zero-order valence-electron chi connectivity index (χ0n) is 9.38. The maximum atomic E-state index is 11.8. The predicted molar refractivity (Wildman–Crippen MR) is 58.2 cm³/mol. The quantitative estimate of drug-likeness (QED) is 0.755. The lowest BCUT2D eigenvalue weighted by Gasteiger charge is -2.02. The minimum Gasteiger partial charge on any atom is -0.375 e. The molecule has 0 amide bonds. The van der Waals surface area contributed by atoms with Crippen LogP contribution in [-0.4, -0.2) is 34.2 Å². The van der Waals surface area contributed by atoms with Gasteiger partial charge in [0, 0.05) is 18.7 Å². The van der Waals surface area contributed by atoms with Crippen LogP contribution in [-0.2, 0) is 11.2 Å². The van der Waals surface area contributed by atoms with Crippen LogP contribution in [0.25, 0.3) is 5.65 Å². The molecule has 0 N–H and O–H groups in total. The van der Waals surface area contributed by atoms with Crippen LogP contribution in [0.15, 0.2) is 18.3 Å². The first-order valence-corrected chi connectivity index (χ1v) is 5.30. The summed E-state index contributed by atoms with van der Waals surface area (Å²) in [6, 6.07) is 5.25. The molecule has 2 heterocycles. The van der Waals surface area contributed by atoms with Crippen molar-refractivity contribution in [2.75, 3.05) is 13.2 Å².